The number of likely N-dealkylation sites (tertiary alicyclic amines) is 1. The van der Waals surface area contributed by atoms with Gasteiger partial charge in [-0.15, -0.1) is 11.3 Å². The average Bonchev–Trinajstić information content (AvgIpc) is 3.26. The maximum Gasteiger partial charge on any atom is 0.350 e. The fraction of sp³-hybridized carbons (Fsp3) is 0.409. The number of anilines is 2. The lowest BCUT2D eigenvalue weighted by atomic mass is 10.1. The quantitative estimate of drug-likeness (QED) is 0.715. The number of methoxy groups -OCH3 is 1. The number of amides is 2. The highest BCUT2D eigenvalue weighted by Gasteiger charge is 2.34. The second-order valence-corrected chi connectivity index (χ2v) is 8.46. The van der Waals surface area contributed by atoms with E-state index in [1.54, 1.807) is 11.4 Å². The lowest BCUT2D eigenvalue weighted by Gasteiger charge is -2.38. The van der Waals surface area contributed by atoms with E-state index in [0.717, 1.165) is 38.0 Å². The Hall–Kier alpha value is -3.07. The number of ether oxygens (including phenoxy) is 2. The largest absolute Gasteiger partial charge is 0.477 e. The van der Waals surface area contributed by atoms with E-state index < -0.39 is 12.1 Å². The van der Waals surface area contributed by atoms with Crippen LogP contribution in [0.5, 0.6) is 5.75 Å². The zero-order chi connectivity index (χ0) is 21.8. The fourth-order valence-electron chi connectivity index (χ4n) is 3.92. The molecular weight excluding hydrogens is 418 g/mol. The second-order valence-electron chi connectivity index (χ2n) is 7.54. The van der Waals surface area contributed by atoms with Gasteiger partial charge in [-0.25, -0.2) is 4.79 Å². The average molecular weight is 444 g/mol. The van der Waals surface area contributed by atoms with Gasteiger partial charge in [0.05, 0.1) is 31.6 Å². The molecule has 2 aliphatic rings. The van der Waals surface area contributed by atoms with Crippen molar-refractivity contribution in [1.29, 1.82) is 0 Å². The van der Waals surface area contributed by atoms with Crippen LogP contribution in [-0.4, -0.2) is 62.1 Å². The van der Waals surface area contributed by atoms with Crippen molar-refractivity contribution >= 4 is 40.5 Å². The van der Waals surface area contributed by atoms with Crippen molar-refractivity contribution in [1.82, 2.24) is 4.90 Å². The van der Waals surface area contributed by atoms with Gasteiger partial charge in [0.15, 0.2) is 6.10 Å². The maximum atomic E-state index is 13.0. The van der Waals surface area contributed by atoms with Gasteiger partial charge in [0.1, 0.15) is 10.6 Å². The summed E-state index contributed by atoms with van der Waals surface area (Å²) in [6, 6.07) is 9.07. The van der Waals surface area contributed by atoms with Gasteiger partial charge >= 0.3 is 5.97 Å². The van der Waals surface area contributed by atoms with Crippen LogP contribution < -0.4 is 15.0 Å². The zero-order valence-corrected chi connectivity index (χ0v) is 18.2. The summed E-state index contributed by atoms with van der Waals surface area (Å²) in [4.78, 5) is 41.7. The maximum absolute atomic E-state index is 13.0. The molecule has 1 N–H and O–H groups in total. The fourth-order valence-corrected chi connectivity index (χ4v) is 4.69. The van der Waals surface area contributed by atoms with Gasteiger partial charge in [0.25, 0.3) is 5.91 Å². The summed E-state index contributed by atoms with van der Waals surface area (Å²) in [7, 11) is 1.30. The van der Waals surface area contributed by atoms with Crippen LogP contribution in [0.2, 0.25) is 0 Å². The topological polar surface area (TPSA) is 88.2 Å². The molecule has 1 saturated heterocycles. The first-order chi connectivity index (χ1) is 15.1. The van der Waals surface area contributed by atoms with Crippen molar-refractivity contribution < 1.29 is 23.9 Å². The molecule has 0 unspecified atom stereocenters. The van der Waals surface area contributed by atoms with Crippen LogP contribution in [0.15, 0.2) is 35.7 Å². The van der Waals surface area contributed by atoms with Crippen molar-refractivity contribution in [2.24, 2.45) is 0 Å². The van der Waals surface area contributed by atoms with Gasteiger partial charge in [-0.2, -0.15) is 0 Å². The van der Waals surface area contributed by atoms with Crippen LogP contribution in [0.4, 0.5) is 11.4 Å². The molecule has 31 heavy (non-hydrogen) atoms. The molecule has 1 fully saturated rings. The zero-order valence-electron chi connectivity index (χ0n) is 17.3. The van der Waals surface area contributed by atoms with Crippen molar-refractivity contribution in [3.63, 3.8) is 0 Å². The van der Waals surface area contributed by atoms with Crippen LogP contribution in [0.1, 0.15) is 28.9 Å². The lowest BCUT2D eigenvalue weighted by Crippen LogP contribution is -2.52. The van der Waals surface area contributed by atoms with Gasteiger partial charge in [0.2, 0.25) is 5.91 Å². The minimum absolute atomic E-state index is 0.0284. The van der Waals surface area contributed by atoms with E-state index >= 15 is 0 Å². The molecule has 8 nitrogen and oxygen atoms in total. The number of piperidine rings is 1. The Bertz CT molecular complexity index is 970. The molecule has 2 amide bonds. The molecule has 9 heteroatoms. The minimum atomic E-state index is -0.660. The van der Waals surface area contributed by atoms with Crippen molar-refractivity contribution in [3.05, 3.63) is 40.6 Å². The summed E-state index contributed by atoms with van der Waals surface area (Å²) in [5, 5.41) is 4.51. The molecule has 1 aromatic heterocycles. The van der Waals surface area contributed by atoms with Crippen molar-refractivity contribution in [2.45, 2.75) is 25.4 Å². The number of benzene rings is 1. The highest BCUT2D eigenvalue weighted by molar-refractivity contribution is 7.12. The number of para-hydroxylation sites is 2. The number of hydrogen-bond donors (Lipinski definition) is 1. The highest BCUT2D eigenvalue weighted by Crippen LogP contribution is 2.33. The van der Waals surface area contributed by atoms with E-state index in [1.807, 2.05) is 34.1 Å². The van der Waals surface area contributed by atoms with Gasteiger partial charge in [-0.3, -0.25) is 9.59 Å². The number of thiophene rings is 1. The molecule has 0 radical (unpaired) electrons. The summed E-state index contributed by atoms with van der Waals surface area (Å²) < 4.78 is 10.8. The number of rotatable bonds is 5. The van der Waals surface area contributed by atoms with E-state index in [2.05, 4.69) is 5.32 Å². The predicted octanol–water partition coefficient (Wildman–Crippen LogP) is 2.75. The number of carbonyl (C=O) groups is 3. The molecule has 2 aliphatic heterocycles. The van der Waals surface area contributed by atoms with Gasteiger partial charge in [-0.05, 0) is 42.8 Å². The molecular formula is C22H25N3O5S. The smallest absolute Gasteiger partial charge is 0.350 e. The predicted molar refractivity (Wildman–Crippen MR) is 118 cm³/mol. The van der Waals surface area contributed by atoms with E-state index in [9.17, 15) is 14.4 Å². The molecule has 164 valence electrons. The Balaban J connectivity index is 1.48. The third kappa shape index (κ3) is 4.66. The summed E-state index contributed by atoms with van der Waals surface area (Å²) in [5.41, 5.74) is 1.18. The summed E-state index contributed by atoms with van der Waals surface area (Å²) in [6.07, 6.45) is 2.49. The third-order valence-electron chi connectivity index (χ3n) is 5.45. The summed E-state index contributed by atoms with van der Waals surface area (Å²) in [6.45, 7) is 1.80. The van der Waals surface area contributed by atoms with Crippen LogP contribution in [0.25, 0.3) is 0 Å². The first-order valence-corrected chi connectivity index (χ1v) is 11.2. The van der Waals surface area contributed by atoms with E-state index in [-0.39, 0.29) is 24.9 Å². The number of nitrogens with one attached hydrogen (secondary N) is 1. The molecule has 3 heterocycles. The van der Waals surface area contributed by atoms with Gasteiger partial charge in [0, 0.05) is 13.1 Å². The first-order valence-electron chi connectivity index (χ1n) is 10.3. The second kappa shape index (κ2) is 9.38. The van der Waals surface area contributed by atoms with E-state index in [1.165, 1.54) is 18.4 Å². The number of esters is 1. The summed E-state index contributed by atoms with van der Waals surface area (Å²) in [5.74, 6) is -0.230. The highest BCUT2D eigenvalue weighted by atomic mass is 32.1. The van der Waals surface area contributed by atoms with E-state index in [4.69, 9.17) is 9.47 Å². The molecule has 4 rings (SSSR count). The Kier molecular flexibility index (Phi) is 6.41. The first kappa shape index (κ1) is 21.2. The van der Waals surface area contributed by atoms with Crippen molar-refractivity contribution in [2.75, 3.05) is 43.5 Å². The van der Waals surface area contributed by atoms with E-state index in [0.29, 0.717) is 16.3 Å². The monoisotopic (exact) mass is 443 g/mol. The van der Waals surface area contributed by atoms with Crippen LogP contribution >= 0.6 is 11.3 Å². The SMILES string of the molecule is COC(=O)c1sccc1NC(=O)CN1C[C@H](C(=O)N2CCCCC2)Oc2ccccc21. The Morgan fingerprint density at radius 3 is 2.71 bits per heavy atom. The minimum Gasteiger partial charge on any atom is -0.477 e. The number of nitrogens with zero attached hydrogens (tertiary/aromatic N) is 2. The standard InChI is InChI=1S/C22H25N3O5S/c1-29-22(28)20-15(9-12-31-20)23-19(26)14-25-13-18(21(27)24-10-5-2-6-11-24)30-17-8-4-3-7-16(17)25/h3-4,7-9,12,18H,2,5-6,10-11,13-14H2,1H3,(H,23,26)/t18-/m1/s1. The summed E-state index contributed by atoms with van der Waals surface area (Å²) >= 11 is 1.21. The Labute approximate surface area is 184 Å². The Morgan fingerprint density at radius 1 is 1.16 bits per heavy atom. The molecule has 0 bridgehead atoms. The molecule has 1 atom stereocenters. The van der Waals surface area contributed by atoms with Gasteiger partial charge in [-0.1, -0.05) is 12.1 Å². The normalized spacial score (nSPS) is 18.0. The lowest BCUT2D eigenvalue weighted by molar-refractivity contribution is -0.139. The van der Waals surface area contributed by atoms with Crippen LogP contribution in [-0.2, 0) is 14.3 Å². The molecule has 2 aromatic rings. The van der Waals surface area contributed by atoms with Crippen LogP contribution in [0, 0.1) is 0 Å². The van der Waals surface area contributed by atoms with Gasteiger partial charge < -0.3 is 24.6 Å². The third-order valence-corrected chi connectivity index (χ3v) is 6.34. The molecule has 0 aliphatic carbocycles. The molecule has 0 spiro atoms. The molecule has 1 aromatic carbocycles. The molecule has 0 saturated carbocycles. The number of fused-ring (bicyclic) bond motifs is 1. The number of carbonyl (C=O) groups excluding carboxylic acids is 3. The number of hydrogen-bond acceptors (Lipinski definition) is 7. The Morgan fingerprint density at radius 2 is 1.94 bits per heavy atom. The van der Waals surface area contributed by atoms with Crippen LogP contribution in [0.3, 0.4) is 0 Å². The van der Waals surface area contributed by atoms with Crippen molar-refractivity contribution in [3.8, 4) is 5.75 Å².